The molecule has 3 unspecified atom stereocenters. The average Bonchev–Trinajstić information content (AvgIpc) is 3.33. The summed E-state index contributed by atoms with van der Waals surface area (Å²) >= 11 is 0. The number of ether oxygens (including phenoxy) is 2. The third kappa shape index (κ3) is 5.57. The normalized spacial score (nSPS) is 26.1. The van der Waals surface area contributed by atoms with Gasteiger partial charge in [0.2, 0.25) is 5.78 Å². The van der Waals surface area contributed by atoms with Gasteiger partial charge in [0.1, 0.15) is 40.7 Å². The van der Waals surface area contributed by atoms with Crippen molar-refractivity contribution in [2.75, 3.05) is 0 Å². The molecule has 60 heavy (non-hydrogen) atoms. The first kappa shape index (κ1) is 42.2. The van der Waals surface area contributed by atoms with Crippen molar-refractivity contribution in [3.8, 4) is 23.0 Å². The van der Waals surface area contributed by atoms with E-state index in [2.05, 4.69) is 9.69 Å². The fourth-order valence-corrected chi connectivity index (χ4v) is 7.65. The van der Waals surface area contributed by atoms with E-state index in [0.717, 1.165) is 30.3 Å². The highest BCUT2D eigenvalue weighted by Gasteiger charge is 2.82. The second-order valence-corrected chi connectivity index (χ2v) is 14.0. The molecule has 0 heterocycles. The van der Waals surface area contributed by atoms with Crippen LogP contribution in [0.25, 0.3) is 9.69 Å². The van der Waals surface area contributed by atoms with E-state index in [1.54, 1.807) is 0 Å². The number of halogens is 14. The number of Topliss-reactive ketones (excluding diaryl/α,β-unsaturated/α-hetero) is 1. The van der Waals surface area contributed by atoms with E-state index in [9.17, 15) is 81.6 Å². The highest BCUT2D eigenvalue weighted by Crippen LogP contribution is 2.69. The number of benzene rings is 4. The summed E-state index contributed by atoms with van der Waals surface area (Å²) in [6.07, 6.45) is -7.25. The van der Waals surface area contributed by atoms with Gasteiger partial charge >= 0.3 is 29.6 Å². The van der Waals surface area contributed by atoms with Crippen molar-refractivity contribution in [2.45, 2.75) is 65.7 Å². The van der Waals surface area contributed by atoms with Crippen LogP contribution in [-0.2, 0) is 23.0 Å². The highest BCUT2D eigenvalue weighted by molar-refractivity contribution is 6.07. The quantitative estimate of drug-likeness (QED) is 0.139. The largest absolute Gasteiger partial charge is 0.458 e. The lowest BCUT2D eigenvalue weighted by Crippen LogP contribution is -2.55. The zero-order chi connectivity index (χ0) is 44.6. The molecule has 0 bridgehead atoms. The number of carbonyl (C=O) groups is 1. The summed E-state index contributed by atoms with van der Waals surface area (Å²) in [6, 6.07) is 7.11. The summed E-state index contributed by atoms with van der Waals surface area (Å²) in [5, 5.41) is 30.7. The number of hydrogen-bond donors (Lipinski definition) is 3. The van der Waals surface area contributed by atoms with E-state index >= 15 is 0 Å². The lowest BCUT2D eigenvalue weighted by atomic mass is 9.75. The number of alkyl halides is 12. The minimum Gasteiger partial charge on any atom is -0.458 e. The first-order chi connectivity index (χ1) is 27.5. The molecule has 0 fully saturated rings. The Labute approximate surface area is 325 Å². The molecule has 4 aliphatic rings. The van der Waals surface area contributed by atoms with Crippen molar-refractivity contribution in [2.24, 2.45) is 0 Å². The number of ketones is 1. The maximum Gasteiger partial charge on any atom is 0.346 e. The number of carbonyl (C=O) groups excluding carboxylic acids is 1. The Bertz CT molecular complexity index is 2620. The molecule has 22 heteroatoms. The molecular weight excluding hydrogens is 846 g/mol. The molecule has 3 N–H and O–H groups in total. The van der Waals surface area contributed by atoms with Gasteiger partial charge in [0, 0.05) is 39.9 Å². The third-order valence-electron chi connectivity index (χ3n) is 10.3. The maximum atomic E-state index is 14.4. The van der Waals surface area contributed by atoms with Gasteiger partial charge in [-0.3, -0.25) is 4.79 Å². The number of nitrogens with zero attached hydrogens (tertiary/aromatic N) is 2. The topological polar surface area (TPSA) is 105 Å². The molecule has 8 rings (SSSR count). The summed E-state index contributed by atoms with van der Waals surface area (Å²) in [6.45, 7) is 13.8. The van der Waals surface area contributed by atoms with Gasteiger partial charge < -0.3 is 24.8 Å². The molecule has 0 aromatic heterocycles. The molecule has 0 amide bonds. The predicted molar refractivity (Wildman–Crippen MR) is 172 cm³/mol. The van der Waals surface area contributed by atoms with Crippen LogP contribution < -0.4 is 9.47 Å². The van der Waals surface area contributed by atoms with Crippen molar-refractivity contribution in [3.63, 3.8) is 0 Å². The molecule has 4 aromatic rings. The third-order valence-corrected chi connectivity index (χ3v) is 10.3. The molecule has 0 saturated carbocycles. The van der Waals surface area contributed by atoms with Crippen LogP contribution in [0.3, 0.4) is 0 Å². The zero-order valence-corrected chi connectivity index (χ0v) is 29.0. The van der Waals surface area contributed by atoms with Crippen molar-refractivity contribution in [1.82, 2.24) is 0 Å². The second kappa shape index (κ2) is 12.8. The number of aliphatic hydroxyl groups is 3. The molecule has 4 aromatic carbocycles. The Morgan fingerprint density at radius 2 is 1.05 bits per heavy atom. The van der Waals surface area contributed by atoms with Crippen molar-refractivity contribution >= 4 is 17.2 Å². The lowest BCUT2D eigenvalue weighted by Gasteiger charge is -2.41. The number of aliphatic hydroxyl groups excluding tert-OH is 1. The van der Waals surface area contributed by atoms with Crippen LogP contribution >= 0.6 is 0 Å². The lowest BCUT2D eigenvalue weighted by molar-refractivity contribution is -0.308. The summed E-state index contributed by atoms with van der Waals surface area (Å²) < 4.78 is 210. The van der Waals surface area contributed by atoms with Crippen LogP contribution in [0.5, 0.6) is 23.0 Å². The molecule has 0 spiro atoms. The number of hydrogen-bond acceptors (Lipinski definition) is 6. The Morgan fingerprint density at radius 1 is 0.617 bits per heavy atom. The van der Waals surface area contributed by atoms with Gasteiger partial charge in [0.05, 0.1) is 31.5 Å². The monoisotopic (exact) mass is 864 g/mol. The molecule has 8 nitrogen and oxygen atoms in total. The van der Waals surface area contributed by atoms with Crippen molar-refractivity contribution in [1.29, 1.82) is 0 Å². The molecule has 314 valence electrons. The van der Waals surface area contributed by atoms with Crippen LogP contribution in [-0.4, -0.2) is 44.8 Å². The van der Waals surface area contributed by atoms with E-state index in [0.29, 0.717) is 30.3 Å². The van der Waals surface area contributed by atoms with Crippen LogP contribution in [0.2, 0.25) is 0 Å². The van der Waals surface area contributed by atoms with Gasteiger partial charge in [-0.2, -0.15) is 43.9 Å². The fraction of sp³-hybridized carbons (Fsp3) is 0.289. The first-order valence-electron chi connectivity index (χ1n) is 16.5. The Balaban J connectivity index is 0.000000181. The van der Waals surface area contributed by atoms with Crippen LogP contribution in [0.15, 0.2) is 60.7 Å². The summed E-state index contributed by atoms with van der Waals surface area (Å²) in [7, 11) is 0. The molecule has 0 radical (unpaired) electrons. The Morgan fingerprint density at radius 3 is 1.53 bits per heavy atom. The maximum absolute atomic E-state index is 14.4. The van der Waals surface area contributed by atoms with E-state index in [1.165, 1.54) is 0 Å². The van der Waals surface area contributed by atoms with E-state index in [-0.39, 0.29) is 11.4 Å². The van der Waals surface area contributed by atoms with Gasteiger partial charge in [0.25, 0.3) is 5.92 Å². The van der Waals surface area contributed by atoms with E-state index < -0.39 is 139 Å². The zero-order valence-electron chi connectivity index (χ0n) is 29.0. The first-order valence-corrected chi connectivity index (χ1v) is 16.5. The SMILES string of the molecule is [C-]#[N+]c1cc(F)cc(Oc2ccc3c4c2C(=O)C(F)(F)CC4(O)C(F)(F)C3(F)F)c1.[C-]#[N+]c1cc(F)cc(Oc2ccc3c4c2C(O)C(F)(F)CC4(O)C(F)(F)C3(F)F)c1. The smallest absolute Gasteiger partial charge is 0.346 e. The van der Waals surface area contributed by atoms with Gasteiger partial charge in [-0.1, -0.05) is 0 Å². The summed E-state index contributed by atoms with van der Waals surface area (Å²) in [5.74, 6) is -36.3. The number of rotatable bonds is 4. The van der Waals surface area contributed by atoms with Crippen molar-refractivity contribution in [3.05, 3.63) is 129 Å². The molecular formula is C38H18F14N2O6. The van der Waals surface area contributed by atoms with E-state index in [4.69, 9.17) is 22.6 Å². The van der Waals surface area contributed by atoms with Crippen LogP contribution in [0, 0.1) is 24.8 Å². The average molecular weight is 865 g/mol. The van der Waals surface area contributed by atoms with Gasteiger partial charge in [-0.25, -0.2) is 27.3 Å². The Hall–Kier alpha value is -5.97. The summed E-state index contributed by atoms with van der Waals surface area (Å²) in [4.78, 5) is 18.2. The molecule has 0 aliphatic heterocycles. The standard InChI is InChI=1S/C19H10F7NO3.C19H8F7NO3/c2*1-27-9-4-8(20)5-10(6-9)30-12-3-2-11-14-13(12)15(28)17(21,22)7-16(14,29)19(25,26)18(11,23)24/h2-6,15,28-29H,7H2;2-6,29H,7H2. The minimum absolute atomic E-state index is 0.250. The van der Waals surface area contributed by atoms with Gasteiger partial charge in [0.15, 0.2) is 22.6 Å². The van der Waals surface area contributed by atoms with E-state index in [1.807, 2.05) is 0 Å². The second-order valence-electron chi connectivity index (χ2n) is 14.0. The summed E-state index contributed by atoms with van der Waals surface area (Å²) in [5.41, 5.74) is -16.6. The van der Waals surface area contributed by atoms with Crippen molar-refractivity contribution < 1.29 is 91.1 Å². The molecule has 3 atom stereocenters. The van der Waals surface area contributed by atoms with Crippen LogP contribution in [0.1, 0.15) is 57.1 Å². The Kier molecular flexibility index (Phi) is 8.97. The predicted octanol–water partition coefficient (Wildman–Crippen LogP) is 10.5. The molecule has 4 aliphatic carbocycles. The highest BCUT2D eigenvalue weighted by atomic mass is 19.3. The molecule has 0 saturated heterocycles. The van der Waals surface area contributed by atoms with Gasteiger partial charge in [-0.15, -0.1) is 0 Å². The van der Waals surface area contributed by atoms with Crippen LogP contribution in [0.4, 0.5) is 72.8 Å². The minimum atomic E-state index is -5.34. The fourth-order valence-electron chi connectivity index (χ4n) is 7.65. The van der Waals surface area contributed by atoms with Gasteiger partial charge in [-0.05, 0) is 48.5 Å².